The van der Waals surface area contributed by atoms with Crippen LogP contribution in [0, 0.1) is 6.92 Å². The molecule has 0 aliphatic carbocycles. The lowest BCUT2D eigenvalue weighted by molar-refractivity contribution is 0.102. The zero-order valence-electron chi connectivity index (χ0n) is 12.8. The highest BCUT2D eigenvalue weighted by atomic mass is 16.5. The van der Waals surface area contributed by atoms with Gasteiger partial charge < -0.3 is 9.84 Å². The van der Waals surface area contributed by atoms with Crippen LogP contribution in [-0.4, -0.2) is 25.8 Å². The molecule has 0 radical (unpaired) electrons. The summed E-state index contributed by atoms with van der Waals surface area (Å²) < 4.78 is 6.94. The first kappa shape index (κ1) is 14.2. The number of pyridine rings is 1. The zero-order chi connectivity index (χ0) is 15.7. The van der Waals surface area contributed by atoms with Crippen molar-refractivity contribution in [2.24, 2.45) is 0 Å². The fourth-order valence-electron chi connectivity index (χ4n) is 2.29. The highest BCUT2D eigenvalue weighted by molar-refractivity contribution is 6.12. The minimum absolute atomic E-state index is 0.241. The number of aryl methyl sites for hydroxylation is 3. The van der Waals surface area contributed by atoms with Crippen LogP contribution in [0.25, 0.3) is 11.1 Å². The van der Waals surface area contributed by atoms with Crippen molar-refractivity contribution in [3.63, 3.8) is 0 Å². The van der Waals surface area contributed by atoms with Gasteiger partial charge in [-0.2, -0.15) is 5.10 Å². The van der Waals surface area contributed by atoms with Crippen molar-refractivity contribution in [3.8, 4) is 0 Å². The van der Waals surface area contributed by atoms with Gasteiger partial charge >= 0.3 is 0 Å². The molecule has 0 saturated heterocycles. The number of hydrogen-bond donors (Lipinski definition) is 1. The third kappa shape index (κ3) is 2.45. The van der Waals surface area contributed by atoms with E-state index in [9.17, 15) is 4.79 Å². The van der Waals surface area contributed by atoms with Crippen LogP contribution in [0.4, 0.5) is 5.82 Å². The van der Waals surface area contributed by atoms with Gasteiger partial charge in [0.05, 0.1) is 16.6 Å². The van der Waals surface area contributed by atoms with E-state index in [2.05, 4.69) is 20.6 Å². The molecule has 0 unspecified atom stereocenters. The summed E-state index contributed by atoms with van der Waals surface area (Å²) in [7, 11) is 0. The predicted octanol–water partition coefficient (Wildman–Crippen LogP) is 2.56. The summed E-state index contributed by atoms with van der Waals surface area (Å²) in [5.41, 5.74) is 2.33. The lowest BCUT2D eigenvalue weighted by Crippen LogP contribution is -2.14. The first-order chi connectivity index (χ1) is 10.6. The summed E-state index contributed by atoms with van der Waals surface area (Å²) in [6, 6.07) is 3.54. The van der Waals surface area contributed by atoms with Crippen molar-refractivity contribution in [2.45, 2.75) is 33.7 Å². The normalized spacial score (nSPS) is 11.0. The van der Waals surface area contributed by atoms with E-state index in [0.29, 0.717) is 34.6 Å². The molecule has 1 N–H and O–H groups in total. The Morgan fingerprint density at radius 3 is 2.91 bits per heavy atom. The van der Waals surface area contributed by atoms with Gasteiger partial charge in [0.25, 0.3) is 11.6 Å². The number of nitrogens with one attached hydrogen (secondary N) is 1. The molecule has 0 fully saturated rings. The summed E-state index contributed by atoms with van der Waals surface area (Å²) in [5, 5.41) is 11.6. The van der Waals surface area contributed by atoms with E-state index in [4.69, 9.17) is 4.52 Å². The molecule has 3 aromatic heterocycles. The Labute approximate surface area is 127 Å². The van der Waals surface area contributed by atoms with Gasteiger partial charge in [0.15, 0.2) is 5.82 Å². The number of carbonyl (C=O) groups excluding carboxylic acids is 1. The molecule has 7 nitrogen and oxygen atoms in total. The Hall–Kier alpha value is -2.70. The first-order valence-corrected chi connectivity index (χ1v) is 7.23. The molecule has 0 atom stereocenters. The van der Waals surface area contributed by atoms with Crippen LogP contribution < -0.4 is 5.32 Å². The fourth-order valence-corrected chi connectivity index (χ4v) is 2.29. The highest BCUT2D eigenvalue weighted by Gasteiger charge is 2.19. The molecule has 3 heterocycles. The van der Waals surface area contributed by atoms with E-state index in [0.717, 1.165) is 12.2 Å². The predicted molar refractivity (Wildman–Crippen MR) is 81.8 cm³/mol. The molecular weight excluding hydrogens is 282 g/mol. The summed E-state index contributed by atoms with van der Waals surface area (Å²) in [4.78, 5) is 16.9. The van der Waals surface area contributed by atoms with Gasteiger partial charge in [-0.15, -0.1) is 0 Å². The van der Waals surface area contributed by atoms with E-state index in [-0.39, 0.29) is 5.91 Å². The quantitative estimate of drug-likeness (QED) is 0.800. The van der Waals surface area contributed by atoms with Crippen molar-refractivity contribution in [1.82, 2.24) is 19.9 Å². The second-order valence-corrected chi connectivity index (χ2v) is 4.97. The SMILES string of the molecule is CCc1cc(C(=O)Nc2ccn(CC)n2)c2c(C)noc2n1. The highest BCUT2D eigenvalue weighted by Crippen LogP contribution is 2.23. The minimum Gasteiger partial charge on any atom is -0.336 e. The molecule has 0 aromatic carbocycles. The maximum atomic E-state index is 12.6. The average molecular weight is 299 g/mol. The summed E-state index contributed by atoms with van der Waals surface area (Å²) >= 11 is 0. The lowest BCUT2D eigenvalue weighted by atomic mass is 10.1. The van der Waals surface area contributed by atoms with Crippen LogP contribution in [-0.2, 0) is 13.0 Å². The first-order valence-electron chi connectivity index (χ1n) is 7.23. The average Bonchev–Trinajstić information content (AvgIpc) is 3.13. The molecule has 114 valence electrons. The van der Waals surface area contributed by atoms with E-state index in [1.165, 1.54) is 0 Å². The Morgan fingerprint density at radius 2 is 2.23 bits per heavy atom. The van der Waals surface area contributed by atoms with Gasteiger partial charge in [0, 0.05) is 24.5 Å². The van der Waals surface area contributed by atoms with Crippen LogP contribution in [0.2, 0.25) is 0 Å². The molecule has 3 aromatic rings. The third-order valence-electron chi connectivity index (χ3n) is 3.48. The molecule has 22 heavy (non-hydrogen) atoms. The molecular formula is C15H17N5O2. The number of nitrogens with zero attached hydrogens (tertiary/aromatic N) is 4. The lowest BCUT2D eigenvalue weighted by Gasteiger charge is -2.05. The number of hydrogen-bond acceptors (Lipinski definition) is 5. The number of amides is 1. The van der Waals surface area contributed by atoms with E-state index in [1.807, 2.05) is 20.0 Å². The van der Waals surface area contributed by atoms with Crippen LogP contribution in [0.3, 0.4) is 0 Å². The maximum Gasteiger partial charge on any atom is 0.258 e. The third-order valence-corrected chi connectivity index (χ3v) is 3.48. The van der Waals surface area contributed by atoms with E-state index in [1.54, 1.807) is 23.7 Å². The molecule has 0 spiro atoms. The van der Waals surface area contributed by atoms with E-state index < -0.39 is 0 Å². The molecule has 7 heteroatoms. The van der Waals surface area contributed by atoms with Crippen molar-refractivity contribution >= 4 is 22.8 Å². The Morgan fingerprint density at radius 1 is 1.41 bits per heavy atom. The molecule has 0 aliphatic heterocycles. The largest absolute Gasteiger partial charge is 0.336 e. The number of fused-ring (bicyclic) bond motifs is 1. The number of aromatic nitrogens is 4. The number of anilines is 1. The second-order valence-electron chi connectivity index (χ2n) is 4.97. The number of rotatable bonds is 4. The summed E-state index contributed by atoms with van der Waals surface area (Å²) in [5.74, 6) is 0.277. The fraction of sp³-hybridized carbons (Fsp3) is 0.333. The second kappa shape index (κ2) is 5.59. The van der Waals surface area contributed by atoms with Crippen molar-refractivity contribution in [1.29, 1.82) is 0 Å². The summed E-state index contributed by atoms with van der Waals surface area (Å²) in [6.07, 6.45) is 2.53. The van der Waals surface area contributed by atoms with Gasteiger partial charge in [-0.25, -0.2) is 4.98 Å². The van der Waals surface area contributed by atoms with Crippen molar-refractivity contribution < 1.29 is 9.32 Å². The van der Waals surface area contributed by atoms with E-state index >= 15 is 0 Å². The molecule has 1 amide bonds. The van der Waals surface area contributed by atoms with Gasteiger partial charge in [0.2, 0.25) is 0 Å². The summed E-state index contributed by atoms with van der Waals surface area (Å²) in [6.45, 7) is 6.50. The Kier molecular flexibility index (Phi) is 3.62. The molecule has 0 saturated carbocycles. The van der Waals surface area contributed by atoms with Gasteiger partial charge in [0.1, 0.15) is 0 Å². The maximum absolute atomic E-state index is 12.6. The standard InChI is InChI=1S/C15H17N5O2/c1-4-10-8-11(13-9(3)19-22-15(13)16-10)14(21)17-12-6-7-20(5-2)18-12/h6-8H,4-5H2,1-3H3,(H,17,18,21). The van der Waals surface area contributed by atoms with Gasteiger partial charge in [-0.05, 0) is 26.3 Å². The zero-order valence-corrected chi connectivity index (χ0v) is 12.8. The number of carbonyl (C=O) groups is 1. The molecule has 3 rings (SSSR count). The smallest absolute Gasteiger partial charge is 0.258 e. The Balaban J connectivity index is 2.00. The van der Waals surface area contributed by atoms with Crippen LogP contribution in [0.1, 0.15) is 35.6 Å². The van der Waals surface area contributed by atoms with Gasteiger partial charge in [-0.3, -0.25) is 9.48 Å². The van der Waals surface area contributed by atoms with Crippen molar-refractivity contribution in [3.05, 3.63) is 35.3 Å². The molecule has 0 bridgehead atoms. The van der Waals surface area contributed by atoms with Gasteiger partial charge in [-0.1, -0.05) is 12.1 Å². The Bertz CT molecular complexity index is 834. The monoisotopic (exact) mass is 299 g/mol. The topological polar surface area (TPSA) is 85.8 Å². The van der Waals surface area contributed by atoms with Crippen LogP contribution in [0.15, 0.2) is 22.9 Å². The van der Waals surface area contributed by atoms with Crippen molar-refractivity contribution in [2.75, 3.05) is 5.32 Å². The van der Waals surface area contributed by atoms with Crippen LogP contribution in [0.5, 0.6) is 0 Å². The minimum atomic E-state index is -0.241. The molecule has 0 aliphatic rings. The van der Waals surface area contributed by atoms with Crippen LogP contribution >= 0.6 is 0 Å².